The summed E-state index contributed by atoms with van der Waals surface area (Å²) in [5, 5.41) is 0. The van der Waals surface area contributed by atoms with Crippen molar-refractivity contribution in [2.75, 3.05) is 7.11 Å². The summed E-state index contributed by atoms with van der Waals surface area (Å²) >= 11 is 0. The van der Waals surface area contributed by atoms with E-state index in [0.717, 1.165) is 5.56 Å². The molecule has 0 bridgehead atoms. The first-order chi connectivity index (χ1) is 10.1. The Bertz CT molecular complexity index is 776. The lowest BCUT2D eigenvalue weighted by molar-refractivity contribution is 0.0904. The number of carbonyl (C=O) groups is 2. The molecule has 0 atom stereocenters. The molecular formula is C17H13NO3. The van der Waals surface area contributed by atoms with E-state index < -0.39 is 0 Å². The highest BCUT2D eigenvalue weighted by Gasteiger charge is 2.34. The maximum Gasteiger partial charge on any atom is 0.230 e. The second kappa shape index (κ2) is 4.98. The summed E-state index contributed by atoms with van der Waals surface area (Å²) in [7, 11) is 1.40. The topological polar surface area (TPSA) is 56.3 Å². The van der Waals surface area contributed by atoms with Crippen LogP contribution in [0.15, 0.2) is 53.9 Å². The van der Waals surface area contributed by atoms with E-state index in [-0.39, 0.29) is 23.0 Å². The number of fused-ring (bicyclic) bond motifs is 1. The van der Waals surface area contributed by atoms with Crippen molar-refractivity contribution in [3.05, 3.63) is 65.2 Å². The molecule has 0 amide bonds. The molecule has 4 nitrogen and oxygen atoms in total. The van der Waals surface area contributed by atoms with Gasteiger partial charge in [-0.2, -0.15) is 0 Å². The van der Waals surface area contributed by atoms with Crippen molar-refractivity contribution in [3.8, 4) is 11.1 Å². The van der Waals surface area contributed by atoms with E-state index in [4.69, 9.17) is 4.74 Å². The van der Waals surface area contributed by atoms with Crippen molar-refractivity contribution in [2.45, 2.75) is 6.92 Å². The van der Waals surface area contributed by atoms with Crippen LogP contribution in [0.1, 0.15) is 27.8 Å². The highest BCUT2D eigenvalue weighted by molar-refractivity contribution is 6.27. The summed E-state index contributed by atoms with van der Waals surface area (Å²) in [5.41, 5.74) is 2.37. The highest BCUT2D eigenvalue weighted by Crippen LogP contribution is 2.32. The maximum atomic E-state index is 12.6. The van der Waals surface area contributed by atoms with Crippen LogP contribution < -0.4 is 0 Å². The molecule has 1 aromatic heterocycles. The SMILES string of the molecule is COC1=C(C)C(=O)c2nccc(-c3ccccc3)c2C1=O. The normalized spacial score (nSPS) is 14.2. The number of benzene rings is 1. The first-order valence-corrected chi connectivity index (χ1v) is 6.54. The number of ether oxygens (including phenoxy) is 1. The number of methoxy groups -OCH3 is 1. The van der Waals surface area contributed by atoms with E-state index >= 15 is 0 Å². The Labute approximate surface area is 122 Å². The lowest BCUT2D eigenvalue weighted by atomic mass is 9.87. The number of carbonyl (C=O) groups excluding carboxylic acids is 2. The second-order valence-electron chi connectivity index (χ2n) is 4.76. The average Bonchev–Trinajstić information content (AvgIpc) is 2.53. The van der Waals surface area contributed by atoms with Crippen LogP contribution in [0.25, 0.3) is 11.1 Å². The fraction of sp³-hybridized carbons (Fsp3) is 0.118. The molecule has 0 N–H and O–H groups in total. The number of hydrogen-bond acceptors (Lipinski definition) is 4. The van der Waals surface area contributed by atoms with E-state index in [1.807, 2.05) is 30.3 Å². The Hall–Kier alpha value is -2.75. The van der Waals surface area contributed by atoms with E-state index in [1.165, 1.54) is 7.11 Å². The van der Waals surface area contributed by atoms with Crippen LogP contribution in [-0.4, -0.2) is 23.7 Å². The minimum absolute atomic E-state index is 0.0951. The third-order valence-corrected chi connectivity index (χ3v) is 3.57. The standard InChI is InChI=1S/C17H13NO3/c1-10-15(19)14-13(16(20)17(10)21-2)12(8-9-18-14)11-6-4-3-5-7-11/h3-9H,1-2H3. The van der Waals surface area contributed by atoms with Gasteiger partial charge in [0.2, 0.25) is 11.6 Å². The molecule has 1 aliphatic rings. The van der Waals surface area contributed by atoms with Crippen LogP contribution in [0.2, 0.25) is 0 Å². The number of hydrogen-bond donors (Lipinski definition) is 0. The predicted octanol–water partition coefficient (Wildman–Crippen LogP) is 3.05. The van der Waals surface area contributed by atoms with Crippen molar-refractivity contribution in [3.63, 3.8) is 0 Å². The molecule has 2 aromatic rings. The summed E-state index contributed by atoms with van der Waals surface area (Å²) in [6.45, 7) is 1.58. The zero-order chi connectivity index (χ0) is 15.0. The van der Waals surface area contributed by atoms with E-state index in [9.17, 15) is 9.59 Å². The molecule has 0 saturated carbocycles. The van der Waals surface area contributed by atoms with Crippen molar-refractivity contribution < 1.29 is 14.3 Å². The second-order valence-corrected chi connectivity index (χ2v) is 4.76. The minimum Gasteiger partial charge on any atom is -0.492 e. The van der Waals surface area contributed by atoms with E-state index in [0.29, 0.717) is 16.7 Å². The van der Waals surface area contributed by atoms with Crippen molar-refractivity contribution in [1.29, 1.82) is 0 Å². The monoisotopic (exact) mass is 279 g/mol. The van der Waals surface area contributed by atoms with Gasteiger partial charge in [-0.3, -0.25) is 14.6 Å². The van der Waals surface area contributed by atoms with Crippen LogP contribution in [-0.2, 0) is 4.74 Å². The molecule has 1 aliphatic carbocycles. The number of nitrogens with zero attached hydrogens (tertiary/aromatic N) is 1. The lowest BCUT2D eigenvalue weighted by Crippen LogP contribution is -2.24. The average molecular weight is 279 g/mol. The van der Waals surface area contributed by atoms with Gasteiger partial charge < -0.3 is 4.74 Å². The summed E-state index contributed by atoms with van der Waals surface area (Å²) in [4.78, 5) is 29.1. The first kappa shape index (κ1) is 13.2. The van der Waals surface area contributed by atoms with Gasteiger partial charge in [0.1, 0.15) is 5.69 Å². The summed E-state index contributed by atoms with van der Waals surface area (Å²) < 4.78 is 5.12. The molecule has 0 unspecified atom stereocenters. The summed E-state index contributed by atoms with van der Waals surface area (Å²) in [6, 6.07) is 11.2. The van der Waals surface area contributed by atoms with Crippen molar-refractivity contribution in [1.82, 2.24) is 4.98 Å². The van der Waals surface area contributed by atoms with Crippen LogP contribution in [0.4, 0.5) is 0 Å². The molecule has 0 radical (unpaired) electrons. The fourth-order valence-electron chi connectivity index (χ4n) is 2.53. The molecule has 3 rings (SSSR count). The Morgan fingerprint density at radius 2 is 1.71 bits per heavy atom. The molecular weight excluding hydrogens is 266 g/mol. The van der Waals surface area contributed by atoms with Gasteiger partial charge in [0.25, 0.3) is 0 Å². The number of allylic oxidation sites excluding steroid dienone is 2. The lowest BCUT2D eigenvalue weighted by Gasteiger charge is -2.19. The molecule has 21 heavy (non-hydrogen) atoms. The molecule has 104 valence electrons. The Kier molecular flexibility index (Phi) is 3.14. The van der Waals surface area contributed by atoms with Gasteiger partial charge in [-0.15, -0.1) is 0 Å². The number of ketones is 2. The van der Waals surface area contributed by atoms with Gasteiger partial charge in [0.05, 0.1) is 12.7 Å². The van der Waals surface area contributed by atoms with Gasteiger partial charge in [-0.25, -0.2) is 0 Å². The van der Waals surface area contributed by atoms with Gasteiger partial charge in [-0.05, 0) is 24.1 Å². The van der Waals surface area contributed by atoms with Crippen LogP contribution in [0.5, 0.6) is 0 Å². The van der Waals surface area contributed by atoms with E-state index in [1.54, 1.807) is 19.2 Å². The van der Waals surface area contributed by atoms with Crippen LogP contribution >= 0.6 is 0 Å². The fourth-order valence-corrected chi connectivity index (χ4v) is 2.53. The molecule has 0 fully saturated rings. The zero-order valence-corrected chi connectivity index (χ0v) is 11.7. The number of pyridine rings is 1. The van der Waals surface area contributed by atoms with Crippen molar-refractivity contribution >= 4 is 11.6 Å². The van der Waals surface area contributed by atoms with Gasteiger partial charge in [0, 0.05) is 11.8 Å². The largest absolute Gasteiger partial charge is 0.492 e. The predicted molar refractivity (Wildman–Crippen MR) is 78.0 cm³/mol. The number of aromatic nitrogens is 1. The molecule has 0 aliphatic heterocycles. The summed E-state index contributed by atoms with van der Waals surface area (Å²) in [5.74, 6) is -0.464. The zero-order valence-electron chi connectivity index (χ0n) is 11.7. The molecule has 1 heterocycles. The van der Waals surface area contributed by atoms with Gasteiger partial charge in [0.15, 0.2) is 5.76 Å². The van der Waals surface area contributed by atoms with Gasteiger partial charge >= 0.3 is 0 Å². The van der Waals surface area contributed by atoms with Crippen LogP contribution in [0.3, 0.4) is 0 Å². The number of rotatable bonds is 2. The Morgan fingerprint density at radius 1 is 1.00 bits per heavy atom. The molecule has 0 spiro atoms. The third-order valence-electron chi connectivity index (χ3n) is 3.57. The van der Waals surface area contributed by atoms with Crippen LogP contribution in [0, 0.1) is 0 Å². The van der Waals surface area contributed by atoms with Gasteiger partial charge in [-0.1, -0.05) is 30.3 Å². The third kappa shape index (κ3) is 1.96. The Morgan fingerprint density at radius 3 is 2.38 bits per heavy atom. The molecule has 1 aromatic carbocycles. The highest BCUT2D eigenvalue weighted by atomic mass is 16.5. The maximum absolute atomic E-state index is 12.6. The quantitative estimate of drug-likeness (QED) is 0.847. The Balaban J connectivity index is 2.29. The number of Topliss-reactive ketones (excluding diaryl/α,β-unsaturated/α-hetero) is 2. The minimum atomic E-state index is -0.295. The smallest absolute Gasteiger partial charge is 0.230 e. The molecule has 0 saturated heterocycles. The first-order valence-electron chi connectivity index (χ1n) is 6.54. The molecule has 4 heteroatoms. The van der Waals surface area contributed by atoms with Crippen molar-refractivity contribution in [2.24, 2.45) is 0 Å². The van der Waals surface area contributed by atoms with E-state index in [2.05, 4.69) is 4.98 Å². The summed E-state index contributed by atoms with van der Waals surface area (Å²) in [6.07, 6.45) is 1.55.